The molecule has 0 radical (unpaired) electrons. The summed E-state index contributed by atoms with van der Waals surface area (Å²) in [5, 5.41) is 9.06. The maximum absolute atomic E-state index is 13.4. The van der Waals surface area contributed by atoms with Crippen molar-refractivity contribution < 1.29 is 9.59 Å². The van der Waals surface area contributed by atoms with Gasteiger partial charge >= 0.3 is 6.03 Å². The van der Waals surface area contributed by atoms with E-state index in [0.29, 0.717) is 11.3 Å². The molecule has 6 heteroatoms. The maximum atomic E-state index is 13.4. The molecule has 1 saturated carbocycles. The number of benzene rings is 2. The quantitative estimate of drug-likeness (QED) is 0.599. The van der Waals surface area contributed by atoms with Crippen LogP contribution in [0.5, 0.6) is 0 Å². The molecule has 0 aromatic heterocycles. The van der Waals surface area contributed by atoms with Gasteiger partial charge in [0.05, 0.1) is 5.56 Å². The van der Waals surface area contributed by atoms with Gasteiger partial charge in [0.25, 0.3) is 5.91 Å². The summed E-state index contributed by atoms with van der Waals surface area (Å²) in [7, 11) is 0. The summed E-state index contributed by atoms with van der Waals surface area (Å²) in [6, 6.07) is 14.1. The average Bonchev–Trinajstić information content (AvgIpc) is 2.78. The number of nitrogens with one attached hydrogen (secondary N) is 3. The molecular formula is C27H36N4O2. The van der Waals surface area contributed by atoms with Crippen molar-refractivity contribution in [2.45, 2.75) is 77.4 Å². The Labute approximate surface area is 197 Å². The van der Waals surface area contributed by atoms with Crippen LogP contribution in [0.4, 0.5) is 16.2 Å². The minimum absolute atomic E-state index is 0.0596. The summed E-state index contributed by atoms with van der Waals surface area (Å²) >= 11 is 0. The zero-order chi connectivity index (χ0) is 23.4. The lowest BCUT2D eigenvalue weighted by Gasteiger charge is -2.32. The molecule has 4 rings (SSSR count). The van der Waals surface area contributed by atoms with Crippen molar-refractivity contribution in [1.29, 1.82) is 0 Å². The van der Waals surface area contributed by atoms with Crippen LogP contribution in [0, 0.1) is 0 Å². The Balaban J connectivity index is 1.59. The number of carbonyl (C=O) groups excluding carboxylic acids is 2. The molecule has 2 aromatic rings. The molecule has 2 aromatic carbocycles. The maximum Gasteiger partial charge on any atom is 0.319 e. The summed E-state index contributed by atoms with van der Waals surface area (Å²) in [4.78, 5) is 28.1. The van der Waals surface area contributed by atoms with Gasteiger partial charge < -0.3 is 20.9 Å². The Hall–Kier alpha value is -3.02. The van der Waals surface area contributed by atoms with Gasteiger partial charge in [-0.05, 0) is 69.4 Å². The van der Waals surface area contributed by atoms with Crippen molar-refractivity contribution in [3.05, 3.63) is 59.2 Å². The topological polar surface area (TPSA) is 73.5 Å². The molecule has 3 amide bonds. The lowest BCUT2D eigenvalue weighted by molar-refractivity contribution is 0.0928. The van der Waals surface area contributed by atoms with Crippen molar-refractivity contribution >= 4 is 23.3 Å². The molecule has 33 heavy (non-hydrogen) atoms. The Kier molecular flexibility index (Phi) is 6.91. The van der Waals surface area contributed by atoms with E-state index in [-0.39, 0.29) is 23.5 Å². The second kappa shape index (κ2) is 9.86. The van der Waals surface area contributed by atoms with Crippen LogP contribution >= 0.6 is 0 Å². The minimum atomic E-state index is -0.341. The van der Waals surface area contributed by atoms with Crippen molar-refractivity contribution in [3.8, 4) is 0 Å². The fraction of sp³-hybridized carbons (Fsp3) is 0.481. The van der Waals surface area contributed by atoms with Gasteiger partial charge in [-0.15, -0.1) is 0 Å². The Morgan fingerprint density at radius 1 is 0.970 bits per heavy atom. The van der Waals surface area contributed by atoms with E-state index >= 15 is 0 Å². The summed E-state index contributed by atoms with van der Waals surface area (Å²) < 4.78 is 0. The molecule has 0 spiro atoms. The molecule has 6 nitrogen and oxygen atoms in total. The van der Waals surface area contributed by atoms with Crippen LogP contribution < -0.4 is 20.9 Å². The molecule has 0 atom stereocenters. The number of anilines is 2. The lowest BCUT2D eigenvalue weighted by atomic mass is 9.95. The van der Waals surface area contributed by atoms with E-state index in [1.165, 1.54) is 17.5 Å². The molecule has 1 aliphatic heterocycles. The zero-order valence-corrected chi connectivity index (χ0v) is 20.0. The number of amides is 3. The van der Waals surface area contributed by atoms with Gasteiger partial charge in [-0.3, -0.25) is 4.79 Å². The predicted molar refractivity (Wildman–Crippen MR) is 134 cm³/mol. The lowest BCUT2D eigenvalue weighted by Crippen LogP contribution is -2.43. The van der Waals surface area contributed by atoms with Crippen LogP contribution in [-0.2, 0) is 13.0 Å². The second-order valence-corrected chi connectivity index (χ2v) is 10.3. The summed E-state index contributed by atoms with van der Waals surface area (Å²) in [5.41, 5.74) is 4.49. The highest BCUT2D eigenvalue weighted by Crippen LogP contribution is 2.30. The van der Waals surface area contributed by atoms with E-state index in [9.17, 15) is 9.59 Å². The van der Waals surface area contributed by atoms with Crippen LogP contribution in [0.25, 0.3) is 0 Å². The molecule has 0 unspecified atom stereocenters. The number of rotatable bonds is 4. The average molecular weight is 449 g/mol. The number of urea groups is 1. The van der Waals surface area contributed by atoms with Crippen molar-refractivity contribution in [2.24, 2.45) is 0 Å². The molecule has 3 N–H and O–H groups in total. The standard InChI is InChI=1S/C27H36N4O2/c1-27(2,3)30-26(33)29-22-13-14-24(31-16-15-19-9-7-8-10-20(19)18-31)23(17-22)25(32)28-21-11-5-4-6-12-21/h7-10,13-14,17,21H,4-6,11-12,15-16,18H2,1-3H3,(H,28,32)(H2,29,30,33). The first kappa shape index (κ1) is 23.1. The van der Waals surface area contributed by atoms with E-state index in [2.05, 4.69) is 45.1 Å². The minimum Gasteiger partial charge on any atom is -0.366 e. The predicted octanol–water partition coefficient (Wildman–Crippen LogP) is 5.23. The fourth-order valence-corrected chi connectivity index (χ4v) is 4.79. The van der Waals surface area contributed by atoms with Crippen LogP contribution in [0.1, 0.15) is 74.4 Å². The summed E-state index contributed by atoms with van der Waals surface area (Å²) in [5.74, 6) is -0.0596. The SMILES string of the molecule is CC(C)(C)NC(=O)Nc1ccc(N2CCc3ccccc3C2)c(C(=O)NC2CCCCC2)c1. The van der Waals surface area contributed by atoms with E-state index < -0.39 is 0 Å². The molecule has 0 bridgehead atoms. The second-order valence-electron chi connectivity index (χ2n) is 10.3. The zero-order valence-electron chi connectivity index (χ0n) is 20.0. The highest BCUT2D eigenvalue weighted by atomic mass is 16.2. The van der Waals surface area contributed by atoms with Crippen molar-refractivity contribution in [3.63, 3.8) is 0 Å². The van der Waals surface area contributed by atoms with Crippen LogP contribution in [-0.4, -0.2) is 30.1 Å². The number of carbonyl (C=O) groups is 2. The first-order valence-electron chi connectivity index (χ1n) is 12.1. The van der Waals surface area contributed by atoms with Crippen LogP contribution in [0.2, 0.25) is 0 Å². The summed E-state index contributed by atoms with van der Waals surface area (Å²) in [6.07, 6.45) is 6.58. The monoisotopic (exact) mass is 448 g/mol. The van der Waals surface area contributed by atoms with Crippen LogP contribution in [0.15, 0.2) is 42.5 Å². The third-order valence-electron chi connectivity index (χ3n) is 6.40. The largest absolute Gasteiger partial charge is 0.366 e. The van der Waals surface area contributed by atoms with Gasteiger partial charge in [0.1, 0.15) is 0 Å². The highest BCUT2D eigenvalue weighted by molar-refractivity contribution is 6.02. The smallest absolute Gasteiger partial charge is 0.319 e. The fourth-order valence-electron chi connectivity index (χ4n) is 4.79. The third-order valence-corrected chi connectivity index (χ3v) is 6.40. The first-order chi connectivity index (χ1) is 15.8. The summed E-state index contributed by atoms with van der Waals surface area (Å²) in [6.45, 7) is 7.45. The van der Waals surface area contributed by atoms with Gasteiger partial charge in [-0.2, -0.15) is 0 Å². The Bertz CT molecular complexity index is 1010. The molecule has 176 valence electrons. The molecule has 2 aliphatic rings. The van der Waals surface area contributed by atoms with Gasteiger partial charge in [0.15, 0.2) is 0 Å². The first-order valence-corrected chi connectivity index (χ1v) is 12.1. The number of fused-ring (bicyclic) bond motifs is 1. The van der Waals surface area contributed by atoms with Gasteiger partial charge in [-0.1, -0.05) is 43.5 Å². The normalized spacial score (nSPS) is 16.6. The molecule has 0 saturated heterocycles. The number of hydrogen-bond donors (Lipinski definition) is 3. The van der Waals surface area contributed by atoms with Crippen molar-refractivity contribution in [2.75, 3.05) is 16.8 Å². The third kappa shape index (κ3) is 6.06. The van der Waals surface area contributed by atoms with Crippen molar-refractivity contribution in [1.82, 2.24) is 10.6 Å². The molecule has 1 aliphatic carbocycles. The van der Waals surface area contributed by atoms with Gasteiger partial charge in [0, 0.05) is 36.0 Å². The van der Waals surface area contributed by atoms with E-state index in [1.54, 1.807) is 0 Å². The van der Waals surface area contributed by atoms with E-state index in [1.807, 2.05) is 39.0 Å². The number of nitrogens with zero attached hydrogens (tertiary/aromatic N) is 1. The van der Waals surface area contributed by atoms with E-state index in [0.717, 1.165) is 50.9 Å². The number of hydrogen-bond acceptors (Lipinski definition) is 3. The molecule has 1 heterocycles. The Morgan fingerprint density at radius 2 is 1.70 bits per heavy atom. The van der Waals surface area contributed by atoms with Gasteiger partial charge in [0.2, 0.25) is 0 Å². The van der Waals surface area contributed by atoms with E-state index in [4.69, 9.17) is 0 Å². The highest BCUT2D eigenvalue weighted by Gasteiger charge is 2.24. The Morgan fingerprint density at radius 3 is 2.42 bits per heavy atom. The molecular weight excluding hydrogens is 412 g/mol. The van der Waals surface area contributed by atoms with Crippen LogP contribution in [0.3, 0.4) is 0 Å². The molecule has 1 fully saturated rings. The van der Waals surface area contributed by atoms with Gasteiger partial charge in [-0.25, -0.2) is 4.79 Å².